The summed E-state index contributed by atoms with van der Waals surface area (Å²) in [6, 6.07) is 11.2. The number of halogens is 1. The quantitative estimate of drug-likeness (QED) is 0.618. The zero-order valence-electron chi connectivity index (χ0n) is 13.1. The molecule has 0 aliphatic carbocycles. The molecule has 2 rings (SSSR count). The topological polar surface area (TPSA) is 43.4 Å². The number of hydrogen-bond donors (Lipinski definition) is 0. The third kappa shape index (κ3) is 3.66. The van der Waals surface area contributed by atoms with Crippen LogP contribution >= 0.6 is 11.6 Å². The summed E-state index contributed by atoms with van der Waals surface area (Å²) < 4.78 is 5.16. The van der Waals surface area contributed by atoms with Gasteiger partial charge in [-0.1, -0.05) is 42.8 Å². The summed E-state index contributed by atoms with van der Waals surface area (Å²) in [5.74, 6) is -2.00. The molecule has 0 heterocycles. The highest BCUT2D eigenvalue weighted by molar-refractivity contribution is 6.36. The van der Waals surface area contributed by atoms with E-state index in [0.717, 1.165) is 16.3 Å². The molecule has 0 radical (unpaired) electrons. The van der Waals surface area contributed by atoms with E-state index in [9.17, 15) is 9.59 Å². The van der Waals surface area contributed by atoms with Gasteiger partial charge in [-0.3, -0.25) is 4.79 Å². The highest BCUT2D eigenvalue weighted by Crippen LogP contribution is 2.30. The van der Waals surface area contributed by atoms with Gasteiger partial charge in [-0.2, -0.15) is 0 Å². The van der Waals surface area contributed by atoms with Crippen molar-refractivity contribution in [2.24, 2.45) is 0 Å². The Hall–Kier alpha value is -1.87. The minimum atomic E-state index is -0.816. The second kappa shape index (κ2) is 6.09. The first kappa shape index (κ1) is 16.5. The van der Waals surface area contributed by atoms with Gasteiger partial charge in [0.2, 0.25) is 5.78 Å². The maximum Gasteiger partial charge on any atom is 0.375 e. The van der Waals surface area contributed by atoms with Crippen LogP contribution in [0.5, 0.6) is 0 Å². The average Bonchev–Trinajstić information content (AvgIpc) is 2.42. The largest absolute Gasteiger partial charge is 0.454 e. The van der Waals surface area contributed by atoms with Gasteiger partial charge < -0.3 is 4.74 Å². The smallest absolute Gasteiger partial charge is 0.375 e. The first-order valence-electron chi connectivity index (χ1n) is 7.14. The van der Waals surface area contributed by atoms with Gasteiger partial charge in [0.15, 0.2) is 0 Å². The lowest BCUT2D eigenvalue weighted by Crippen LogP contribution is -2.31. The lowest BCUT2D eigenvalue weighted by atomic mass is 9.91. The Kier molecular flexibility index (Phi) is 4.57. The summed E-state index contributed by atoms with van der Waals surface area (Å²) in [4.78, 5) is 24.3. The Balaban J connectivity index is 2.39. The Bertz CT molecular complexity index is 729. The molecular weight excluding hydrogens is 300 g/mol. The first-order valence-corrected chi connectivity index (χ1v) is 7.52. The van der Waals surface area contributed by atoms with E-state index in [-0.39, 0.29) is 0 Å². The Morgan fingerprint density at radius 1 is 1.14 bits per heavy atom. The van der Waals surface area contributed by atoms with Gasteiger partial charge in [0.1, 0.15) is 5.60 Å². The van der Waals surface area contributed by atoms with Crippen molar-refractivity contribution in [3.8, 4) is 0 Å². The maximum atomic E-state index is 12.4. The number of esters is 1. The number of carbonyl (C=O) groups is 2. The molecule has 1 unspecified atom stereocenters. The normalized spacial score (nSPS) is 13.0. The van der Waals surface area contributed by atoms with Crippen molar-refractivity contribution < 1.29 is 14.3 Å². The highest BCUT2D eigenvalue weighted by Gasteiger charge is 2.29. The van der Waals surface area contributed by atoms with Crippen molar-refractivity contribution in [1.29, 1.82) is 0 Å². The minimum absolute atomic E-state index is 0.539. The molecule has 116 valence electrons. The monoisotopic (exact) mass is 318 g/mol. The van der Waals surface area contributed by atoms with Crippen LogP contribution in [-0.2, 0) is 14.3 Å². The predicted molar refractivity (Wildman–Crippen MR) is 88.2 cm³/mol. The summed E-state index contributed by atoms with van der Waals surface area (Å²) in [5, 5.41) is 2.39. The molecule has 22 heavy (non-hydrogen) atoms. The molecule has 1 atom stereocenters. The predicted octanol–water partition coefficient (Wildman–Crippen LogP) is 4.51. The molecule has 0 saturated heterocycles. The van der Waals surface area contributed by atoms with Crippen molar-refractivity contribution in [2.75, 3.05) is 0 Å². The summed E-state index contributed by atoms with van der Waals surface area (Å²) in [5.41, 5.74) is 0.0435. The van der Waals surface area contributed by atoms with Gasteiger partial charge >= 0.3 is 5.97 Å². The number of benzene rings is 2. The molecule has 0 aliphatic heterocycles. The molecule has 3 nitrogen and oxygen atoms in total. The molecule has 2 aromatic rings. The molecule has 0 aliphatic rings. The van der Waals surface area contributed by atoms with Gasteiger partial charge in [0.05, 0.1) is 5.92 Å². The van der Waals surface area contributed by atoms with Crippen molar-refractivity contribution in [3.63, 3.8) is 0 Å². The number of rotatable bonds is 3. The Morgan fingerprint density at radius 2 is 1.77 bits per heavy atom. The zero-order chi connectivity index (χ0) is 16.5. The standard InChI is InChI=1S/C18H19ClO3/c1-11(16(20)17(21)22-18(2,3)4)15-10-13(19)9-12-7-5-6-8-14(12)15/h5-11H,1-4H3. The third-order valence-corrected chi connectivity index (χ3v) is 3.54. The molecule has 0 amide bonds. The van der Waals surface area contributed by atoms with Crippen LogP contribution in [0.4, 0.5) is 0 Å². The summed E-state index contributed by atoms with van der Waals surface area (Å²) in [6.07, 6.45) is 0. The van der Waals surface area contributed by atoms with E-state index in [0.29, 0.717) is 5.02 Å². The van der Waals surface area contributed by atoms with Crippen LogP contribution in [0.25, 0.3) is 10.8 Å². The summed E-state index contributed by atoms with van der Waals surface area (Å²) >= 11 is 6.13. The lowest BCUT2D eigenvalue weighted by molar-refractivity contribution is -0.162. The molecule has 4 heteroatoms. The van der Waals surface area contributed by atoms with Crippen LogP contribution in [0.1, 0.15) is 39.2 Å². The van der Waals surface area contributed by atoms with Gasteiger partial charge in [-0.05, 0) is 49.2 Å². The van der Waals surface area contributed by atoms with Crippen LogP contribution in [0.3, 0.4) is 0 Å². The van der Waals surface area contributed by atoms with E-state index in [1.807, 2.05) is 30.3 Å². The molecule has 0 bridgehead atoms. The number of ether oxygens (including phenoxy) is 1. The van der Waals surface area contributed by atoms with Gasteiger partial charge in [-0.15, -0.1) is 0 Å². The molecule has 2 aromatic carbocycles. The fourth-order valence-corrected chi connectivity index (χ4v) is 2.54. The highest BCUT2D eigenvalue weighted by atomic mass is 35.5. The Morgan fingerprint density at radius 3 is 2.41 bits per heavy atom. The summed E-state index contributed by atoms with van der Waals surface area (Å²) in [7, 11) is 0. The van der Waals surface area contributed by atoms with Crippen molar-refractivity contribution in [3.05, 3.63) is 47.0 Å². The molecule has 0 saturated carbocycles. The molecule has 0 spiro atoms. The van der Waals surface area contributed by atoms with E-state index in [1.54, 1.807) is 33.8 Å². The fourth-order valence-electron chi connectivity index (χ4n) is 2.31. The summed E-state index contributed by atoms with van der Waals surface area (Å²) in [6.45, 7) is 6.90. The average molecular weight is 319 g/mol. The number of carbonyl (C=O) groups excluding carboxylic acids is 2. The van der Waals surface area contributed by atoms with Crippen LogP contribution in [-0.4, -0.2) is 17.4 Å². The molecule has 0 N–H and O–H groups in total. The van der Waals surface area contributed by atoms with Crippen LogP contribution in [0, 0.1) is 0 Å². The lowest BCUT2D eigenvalue weighted by Gasteiger charge is -2.20. The van der Waals surface area contributed by atoms with Gasteiger partial charge in [0.25, 0.3) is 0 Å². The fraction of sp³-hybridized carbons (Fsp3) is 0.333. The number of hydrogen-bond acceptors (Lipinski definition) is 3. The molecular formula is C18H19ClO3. The molecule has 0 fully saturated rings. The SMILES string of the molecule is CC(C(=O)C(=O)OC(C)(C)C)c1cc(Cl)cc2ccccc12. The Labute approximate surface area is 135 Å². The van der Waals surface area contributed by atoms with Crippen LogP contribution in [0.2, 0.25) is 5.02 Å². The van der Waals surface area contributed by atoms with Crippen molar-refractivity contribution in [1.82, 2.24) is 0 Å². The van der Waals surface area contributed by atoms with Crippen LogP contribution < -0.4 is 0 Å². The van der Waals surface area contributed by atoms with Crippen LogP contribution in [0.15, 0.2) is 36.4 Å². The minimum Gasteiger partial charge on any atom is -0.454 e. The second-order valence-electron chi connectivity index (χ2n) is 6.30. The molecule has 0 aromatic heterocycles. The van der Waals surface area contributed by atoms with Crippen molar-refractivity contribution in [2.45, 2.75) is 39.2 Å². The second-order valence-corrected chi connectivity index (χ2v) is 6.74. The van der Waals surface area contributed by atoms with Gasteiger partial charge in [-0.25, -0.2) is 4.79 Å². The number of fused-ring (bicyclic) bond motifs is 1. The zero-order valence-corrected chi connectivity index (χ0v) is 13.9. The van der Waals surface area contributed by atoms with Crippen molar-refractivity contribution >= 4 is 34.1 Å². The van der Waals surface area contributed by atoms with E-state index in [2.05, 4.69) is 0 Å². The number of Topliss-reactive ketones (excluding diaryl/α,β-unsaturated/α-hetero) is 1. The van der Waals surface area contributed by atoms with Gasteiger partial charge in [0, 0.05) is 5.02 Å². The van der Waals surface area contributed by atoms with E-state index < -0.39 is 23.3 Å². The maximum absolute atomic E-state index is 12.4. The van der Waals surface area contributed by atoms with E-state index in [4.69, 9.17) is 16.3 Å². The first-order chi connectivity index (χ1) is 10.2. The van der Waals surface area contributed by atoms with E-state index in [1.165, 1.54) is 0 Å². The van der Waals surface area contributed by atoms with E-state index >= 15 is 0 Å². The third-order valence-electron chi connectivity index (χ3n) is 3.32. The number of ketones is 1.